The molecular formula is C21H23N5O2. The van der Waals surface area contributed by atoms with Gasteiger partial charge in [-0.3, -0.25) is 4.79 Å². The van der Waals surface area contributed by atoms with Crippen LogP contribution >= 0.6 is 0 Å². The van der Waals surface area contributed by atoms with Gasteiger partial charge in [-0.2, -0.15) is 9.78 Å². The Morgan fingerprint density at radius 1 is 1.14 bits per heavy atom. The fourth-order valence-corrected chi connectivity index (χ4v) is 3.65. The minimum atomic E-state index is -0.0371. The number of amides is 1. The Morgan fingerprint density at radius 3 is 2.50 bits per heavy atom. The molecule has 0 bridgehead atoms. The first-order chi connectivity index (χ1) is 13.5. The van der Waals surface area contributed by atoms with Crippen molar-refractivity contribution in [1.29, 1.82) is 0 Å². The number of ether oxygens (including phenoxy) is 1. The van der Waals surface area contributed by atoms with Crippen LogP contribution < -0.4 is 10.1 Å². The van der Waals surface area contributed by atoms with Gasteiger partial charge in [-0.1, -0.05) is 38.1 Å². The van der Waals surface area contributed by atoms with Crippen molar-refractivity contribution in [3.8, 4) is 11.7 Å². The standard InChI is InChI=1S/C21H23N5O2/c1-12(2)14-5-7-15(8-6-14)16-11-18(27)22-21-20(16)13(3)25-26(21)17-9-10-19(28-4)24-23-17/h5-10,12,16H,11H2,1-4H3,(H,22,27). The van der Waals surface area contributed by atoms with Gasteiger partial charge in [0.15, 0.2) is 5.82 Å². The average molecular weight is 377 g/mol. The number of benzene rings is 1. The smallest absolute Gasteiger partial charge is 0.233 e. The lowest BCUT2D eigenvalue weighted by Gasteiger charge is -2.24. The van der Waals surface area contributed by atoms with Gasteiger partial charge in [0.25, 0.3) is 0 Å². The number of hydrogen-bond donors (Lipinski definition) is 1. The number of aryl methyl sites for hydroxylation is 1. The highest BCUT2D eigenvalue weighted by Crippen LogP contribution is 2.40. The predicted molar refractivity (Wildman–Crippen MR) is 106 cm³/mol. The zero-order chi connectivity index (χ0) is 19.8. The molecule has 0 saturated carbocycles. The van der Waals surface area contributed by atoms with Crippen molar-refractivity contribution in [2.75, 3.05) is 12.4 Å². The fourth-order valence-electron chi connectivity index (χ4n) is 3.65. The van der Waals surface area contributed by atoms with Gasteiger partial charge in [0.05, 0.1) is 12.8 Å². The summed E-state index contributed by atoms with van der Waals surface area (Å²) in [5.41, 5.74) is 4.29. The van der Waals surface area contributed by atoms with Crippen LogP contribution in [0.1, 0.15) is 54.5 Å². The molecule has 0 radical (unpaired) electrons. The fraction of sp³-hybridized carbons (Fsp3) is 0.333. The van der Waals surface area contributed by atoms with E-state index in [0.717, 1.165) is 16.8 Å². The summed E-state index contributed by atoms with van der Waals surface area (Å²) in [7, 11) is 1.54. The number of aromatic nitrogens is 4. The van der Waals surface area contributed by atoms with Gasteiger partial charge in [-0.25, -0.2) is 0 Å². The SMILES string of the molecule is COc1ccc(-n2nc(C)c3c2NC(=O)CC3c2ccc(C(C)C)cc2)nn1. The molecule has 1 aliphatic heterocycles. The summed E-state index contributed by atoms with van der Waals surface area (Å²) in [4.78, 5) is 12.5. The lowest BCUT2D eigenvalue weighted by Crippen LogP contribution is -2.25. The monoisotopic (exact) mass is 377 g/mol. The normalized spacial score (nSPS) is 16.0. The number of carbonyl (C=O) groups is 1. The van der Waals surface area contributed by atoms with Gasteiger partial charge in [-0.15, -0.1) is 10.2 Å². The molecule has 144 valence electrons. The van der Waals surface area contributed by atoms with Crippen molar-refractivity contribution in [2.45, 2.75) is 39.0 Å². The number of carbonyl (C=O) groups excluding carboxylic acids is 1. The number of nitrogens with one attached hydrogen (secondary N) is 1. The van der Waals surface area contributed by atoms with E-state index < -0.39 is 0 Å². The summed E-state index contributed by atoms with van der Waals surface area (Å²) in [6, 6.07) is 12.0. The Hall–Kier alpha value is -3.22. The van der Waals surface area contributed by atoms with Crippen LogP contribution in [0.4, 0.5) is 5.82 Å². The van der Waals surface area contributed by atoms with Crippen molar-refractivity contribution in [3.63, 3.8) is 0 Å². The number of anilines is 1. The molecule has 1 atom stereocenters. The van der Waals surface area contributed by atoms with E-state index >= 15 is 0 Å². The molecule has 1 aromatic carbocycles. The van der Waals surface area contributed by atoms with E-state index in [1.54, 1.807) is 23.9 Å². The lowest BCUT2D eigenvalue weighted by molar-refractivity contribution is -0.116. The van der Waals surface area contributed by atoms with E-state index in [1.807, 2.05) is 6.92 Å². The van der Waals surface area contributed by atoms with Gasteiger partial charge in [0.2, 0.25) is 11.8 Å². The maximum Gasteiger partial charge on any atom is 0.233 e. The Balaban J connectivity index is 1.78. The predicted octanol–water partition coefficient (Wildman–Crippen LogP) is 3.58. The summed E-state index contributed by atoms with van der Waals surface area (Å²) in [5.74, 6) is 2.01. The summed E-state index contributed by atoms with van der Waals surface area (Å²) < 4.78 is 6.71. The zero-order valence-electron chi connectivity index (χ0n) is 16.4. The number of hydrogen-bond acceptors (Lipinski definition) is 5. The summed E-state index contributed by atoms with van der Waals surface area (Å²) >= 11 is 0. The highest BCUT2D eigenvalue weighted by molar-refractivity contribution is 5.95. The molecule has 4 rings (SSSR count). The van der Waals surface area contributed by atoms with E-state index in [4.69, 9.17) is 4.74 Å². The van der Waals surface area contributed by atoms with E-state index in [0.29, 0.717) is 29.9 Å². The minimum absolute atomic E-state index is 0.0342. The highest BCUT2D eigenvalue weighted by Gasteiger charge is 2.33. The molecular weight excluding hydrogens is 354 g/mol. The molecule has 1 N–H and O–H groups in total. The molecule has 0 aliphatic carbocycles. The van der Waals surface area contributed by atoms with Crippen molar-refractivity contribution in [1.82, 2.24) is 20.0 Å². The molecule has 7 nitrogen and oxygen atoms in total. The molecule has 3 aromatic rings. The van der Waals surface area contributed by atoms with Crippen LogP contribution in [0.25, 0.3) is 5.82 Å². The maximum atomic E-state index is 12.5. The second kappa shape index (κ2) is 7.07. The largest absolute Gasteiger partial charge is 0.480 e. The molecule has 7 heteroatoms. The highest BCUT2D eigenvalue weighted by atomic mass is 16.5. The maximum absolute atomic E-state index is 12.5. The summed E-state index contributed by atoms with van der Waals surface area (Å²) in [6.45, 7) is 6.30. The van der Waals surface area contributed by atoms with E-state index in [2.05, 4.69) is 58.7 Å². The van der Waals surface area contributed by atoms with Gasteiger partial charge in [-0.05, 0) is 30.0 Å². The van der Waals surface area contributed by atoms with Crippen LogP contribution in [0.3, 0.4) is 0 Å². The number of fused-ring (bicyclic) bond motifs is 1. The molecule has 1 amide bonds. The average Bonchev–Trinajstić information content (AvgIpc) is 3.03. The Bertz CT molecular complexity index is 1010. The second-order valence-electron chi connectivity index (χ2n) is 7.32. The summed E-state index contributed by atoms with van der Waals surface area (Å²) in [5, 5.41) is 15.8. The van der Waals surface area contributed by atoms with E-state index in [1.165, 1.54) is 5.56 Å². The zero-order valence-corrected chi connectivity index (χ0v) is 16.4. The van der Waals surface area contributed by atoms with Gasteiger partial charge in [0, 0.05) is 24.0 Å². The molecule has 0 spiro atoms. The third-order valence-corrected chi connectivity index (χ3v) is 5.16. The van der Waals surface area contributed by atoms with Crippen molar-refractivity contribution in [3.05, 3.63) is 58.8 Å². The molecule has 1 aliphatic rings. The molecule has 28 heavy (non-hydrogen) atoms. The van der Waals surface area contributed by atoms with E-state index in [-0.39, 0.29) is 11.8 Å². The first-order valence-corrected chi connectivity index (χ1v) is 9.35. The van der Waals surface area contributed by atoms with Crippen LogP contribution in [0.15, 0.2) is 36.4 Å². The Labute approximate surface area is 163 Å². The van der Waals surface area contributed by atoms with E-state index in [9.17, 15) is 4.79 Å². The topological polar surface area (TPSA) is 81.9 Å². The number of methoxy groups -OCH3 is 1. The second-order valence-corrected chi connectivity index (χ2v) is 7.32. The third-order valence-electron chi connectivity index (χ3n) is 5.16. The van der Waals surface area contributed by atoms with Crippen LogP contribution in [0, 0.1) is 6.92 Å². The van der Waals surface area contributed by atoms with Gasteiger partial charge < -0.3 is 10.1 Å². The number of nitrogens with zero attached hydrogens (tertiary/aromatic N) is 4. The van der Waals surface area contributed by atoms with Crippen molar-refractivity contribution >= 4 is 11.7 Å². The Kier molecular flexibility index (Phi) is 4.58. The first-order valence-electron chi connectivity index (χ1n) is 9.35. The van der Waals surface area contributed by atoms with Crippen LogP contribution in [-0.4, -0.2) is 33.0 Å². The first kappa shape index (κ1) is 18.2. The minimum Gasteiger partial charge on any atom is -0.480 e. The van der Waals surface area contributed by atoms with Crippen molar-refractivity contribution in [2.24, 2.45) is 0 Å². The molecule has 0 fully saturated rings. The molecule has 1 unspecified atom stereocenters. The van der Waals surface area contributed by atoms with Gasteiger partial charge >= 0.3 is 0 Å². The molecule has 3 heterocycles. The van der Waals surface area contributed by atoms with Crippen LogP contribution in [0.2, 0.25) is 0 Å². The third kappa shape index (κ3) is 3.13. The van der Waals surface area contributed by atoms with Crippen LogP contribution in [0.5, 0.6) is 5.88 Å². The quantitative estimate of drug-likeness (QED) is 0.751. The van der Waals surface area contributed by atoms with Gasteiger partial charge in [0.1, 0.15) is 5.82 Å². The number of rotatable bonds is 4. The van der Waals surface area contributed by atoms with Crippen molar-refractivity contribution < 1.29 is 9.53 Å². The summed E-state index contributed by atoms with van der Waals surface area (Å²) in [6.07, 6.45) is 0.398. The molecule has 2 aromatic heterocycles. The Morgan fingerprint density at radius 2 is 1.89 bits per heavy atom. The lowest BCUT2D eigenvalue weighted by atomic mass is 9.85. The van der Waals surface area contributed by atoms with Crippen LogP contribution in [-0.2, 0) is 4.79 Å². The molecule has 0 saturated heterocycles.